The van der Waals surface area contributed by atoms with E-state index in [0.717, 1.165) is 11.3 Å². The summed E-state index contributed by atoms with van der Waals surface area (Å²) in [5.74, 6) is -0.141. The molecule has 0 radical (unpaired) electrons. The molecular weight excluding hydrogens is 328 g/mol. The lowest BCUT2D eigenvalue weighted by Crippen LogP contribution is -2.09. The molecule has 0 fully saturated rings. The molecule has 2 aromatic carbocycles. The Labute approximate surface area is 151 Å². The molecular formula is C20H18N4O2. The van der Waals surface area contributed by atoms with Gasteiger partial charge in [0, 0.05) is 0 Å². The molecule has 2 N–H and O–H groups in total. The number of benzene rings is 2. The Balaban J connectivity index is 1.58. The van der Waals surface area contributed by atoms with Gasteiger partial charge < -0.3 is 10.5 Å². The molecule has 0 atom stereocenters. The third-order valence-electron chi connectivity index (χ3n) is 3.56. The fourth-order valence-corrected chi connectivity index (χ4v) is 2.24. The van der Waals surface area contributed by atoms with Gasteiger partial charge in [-0.15, -0.1) is 5.11 Å². The largest absolute Gasteiger partial charge is 0.461 e. The van der Waals surface area contributed by atoms with Crippen LogP contribution in [0.25, 0.3) is 0 Å². The van der Waals surface area contributed by atoms with Crippen molar-refractivity contribution >= 4 is 23.2 Å². The number of hydrogen-bond donors (Lipinski definition) is 1. The summed E-state index contributed by atoms with van der Waals surface area (Å²) >= 11 is 0. The molecule has 3 aromatic rings. The number of nitrogens with two attached hydrogens (primary N) is 1. The highest BCUT2D eigenvalue weighted by atomic mass is 16.5. The van der Waals surface area contributed by atoms with E-state index in [1.807, 2.05) is 60.7 Å². The number of nitrogens with zero attached hydrogens (tertiary/aromatic N) is 3. The number of hydrogen-bond acceptors (Lipinski definition) is 6. The highest BCUT2D eigenvalue weighted by molar-refractivity contribution is 5.72. The van der Waals surface area contributed by atoms with Crippen LogP contribution in [0.4, 0.5) is 17.2 Å². The zero-order valence-corrected chi connectivity index (χ0v) is 14.1. The topological polar surface area (TPSA) is 89.9 Å². The maximum atomic E-state index is 11.9. The van der Waals surface area contributed by atoms with Crippen molar-refractivity contribution in [1.82, 2.24) is 4.98 Å². The predicted molar refractivity (Wildman–Crippen MR) is 99.2 cm³/mol. The van der Waals surface area contributed by atoms with E-state index in [4.69, 9.17) is 10.5 Å². The van der Waals surface area contributed by atoms with E-state index in [1.165, 1.54) is 0 Å². The van der Waals surface area contributed by atoms with Gasteiger partial charge in [-0.05, 0) is 29.8 Å². The summed E-state index contributed by atoms with van der Waals surface area (Å²) in [4.78, 5) is 16.2. The van der Waals surface area contributed by atoms with Gasteiger partial charge in [-0.1, -0.05) is 48.5 Å². The molecule has 0 unspecified atom stereocenters. The van der Waals surface area contributed by atoms with Crippen LogP contribution in [0.2, 0.25) is 0 Å². The van der Waals surface area contributed by atoms with E-state index in [9.17, 15) is 4.79 Å². The van der Waals surface area contributed by atoms with Crippen LogP contribution in [0.3, 0.4) is 0 Å². The Morgan fingerprint density at radius 1 is 0.923 bits per heavy atom. The number of ether oxygens (including phenoxy) is 1. The van der Waals surface area contributed by atoms with Crippen LogP contribution in [-0.4, -0.2) is 11.0 Å². The van der Waals surface area contributed by atoms with Crippen LogP contribution in [0.1, 0.15) is 11.3 Å². The molecule has 0 spiro atoms. The second-order valence-electron chi connectivity index (χ2n) is 5.57. The number of esters is 1. The van der Waals surface area contributed by atoms with Crippen molar-refractivity contribution in [2.45, 2.75) is 13.0 Å². The van der Waals surface area contributed by atoms with E-state index < -0.39 is 0 Å². The van der Waals surface area contributed by atoms with Crippen molar-refractivity contribution in [3.05, 3.63) is 84.1 Å². The average molecular weight is 346 g/mol. The first-order valence-corrected chi connectivity index (χ1v) is 8.12. The minimum absolute atomic E-state index is 0.0488. The SMILES string of the molecule is Nc1nc(CC(=O)OCc2ccccc2)ccc1N=Nc1ccccc1. The van der Waals surface area contributed by atoms with Crippen LogP contribution in [0.5, 0.6) is 0 Å². The molecule has 1 heterocycles. The summed E-state index contributed by atoms with van der Waals surface area (Å²) < 4.78 is 5.25. The van der Waals surface area contributed by atoms with Crippen molar-refractivity contribution in [2.75, 3.05) is 5.73 Å². The molecule has 1 aromatic heterocycles. The number of carbonyl (C=O) groups excluding carboxylic acids is 1. The molecule has 0 bridgehead atoms. The Morgan fingerprint density at radius 3 is 2.31 bits per heavy atom. The third-order valence-corrected chi connectivity index (χ3v) is 3.56. The lowest BCUT2D eigenvalue weighted by Gasteiger charge is -2.06. The van der Waals surface area contributed by atoms with Crippen molar-refractivity contribution in [1.29, 1.82) is 0 Å². The number of rotatable bonds is 6. The molecule has 26 heavy (non-hydrogen) atoms. The summed E-state index contributed by atoms with van der Waals surface area (Å²) in [6.07, 6.45) is 0.0488. The molecule has 6 heteroatoms. The highest BCUT2D eigenvalue weighted by Gasteiger charge is 2.09. The average Bonchev–Trinajstić information content (AvgIpc) is 2.67. The lowest BCUT2D eigenvalue weighted by atomic mass is 10.2. The molecule has 6 nitrogen and oxygen atoms in total. The predicted octanol–water partition coefficient (Wildman–Crippen LogP) is 4.37. The maximum Gasteiger partial charge on any atom is 0.312 e. The molecule has 0 aliphatic heterocycles. The number of aromatic nitrogens is 1. The Bertz CT molecular complexity index is 896. The van der Waals surface area contributed by atoms with E-state index in [-0.39, 0.29) is 24.8 Å². The van der Waals surface area contributed by atoms with Crippen molar-refractivity contribution in [3.8, 4) is 0 Å². The maximum absolute atomic E-state index is 11.9. The van der Waals surface area contributed by atoms with Crippen LogP contribution in [0, 0.1) is 0 Å². The van der Waals surface area contributed by atoms with Crippen molar-refractivity contribution < 1.29 is 9.53 Å². The van der Waals surface area contributed by atoms with Gasteiger partial charge in [0.2, 0.25) is 0 Å². The van der Waals surface area contributed by atoms with Gasteiger partial charge in [-0.2, -0.15) is 5.11 Å². The van der Waals surface area contributed by atoms with Gasteiger partial charge in [0.1, 0.15) is 12.3 Å². The van der Waals surface area contributed by atoms with Gasteiger partial charge >= 0.3 is 5.97 Å². The van der Waals surface area contributed by atoms with Gasteiger partial charge in [0.15, 0.2) is 5.82 Å². The summed E-state index contributed by atoms with van der Waals surface area (Å²) in [6, 6.07) is 22.2. The Hall–Kier alpha value is -3.54. The van der Waals surface area contributed by atoms with Crippen molar-refractivity contribution in [2.24, 2.45) is 10.2 Å². The van der Waals surface area contributed by atoms with E-state index in [0.29, 0.717) is 11.4 Å². The molecule has 3 rings (SSSR count). The van der Waals surface area contributed by atoms with Gasteiger partial charge in [-0.3, -0.25) is 4.79 Å². The van der Waals surface area contributed by atoms with E-state index in [1.54, 1.807) is 12.1 Å². The molecule has 0 aliphatic rings. The third kappa shape index (κ3) is 4.98. The zero-order valence-electron chi connectivity index (χ0n) is 14.1. The quantitative estimate of drug-likeness (QED) is 0.530. The minimum Gasteiger partial charge on any atom is -0.461 e. The molecule has 0 saturated carbocycles. The Morgan fingerprint density at radius 2 is 1.62 bits per heavy atom. The molecule has 0 saturated heterocycles. The van der Waals surface area contributed by atoms with E-state index in [2.05, 4.69) is 15.2 Å². The first kappa shape index (κ1) is 17.3. The monoisotopic (exact) mass is 346 g/mol. The van der Waals surface area contributed by atoms with Crippen LogP contribution >= 0.6 is 0 Å². The number of azo groups is 1. The first-order valence-electron chi connectivity index (χ1n) is 8.12. The summed E-state index contributed by atoms with van der Waals surface area (Å²) in [7, 11) is 0. The fraction of sp³-hybridized carbons (Fsp3) is 0.100. The lowest BCUT2D eigenvalue weighted by molar-refractivity contribution is -0.144. The number of carbonyl (C=O) groups is 1. The zero-order chi connectivity index (χ0) is 18.2. The number of nitrogen functional groups attached to an aromatic ring is 1. The number of anilines is 1. The van der Waals surface area contributed by atoms with Gasteiger partial charge in [0.05, 0.1) is 17.8 Å². The second kappa shape index (κ2) is 8.53. The van der Waals surface area contributed by atoms with Crippen LogP contribution in [0.15, 0.2) is 83.0 Å². The van der Waals surface area contributed by atoms with Gasteiger partial charge in [-0.25, -0.2) is 4.98 Å². The first-order chi connectivity index (χ1) is 12.7. The normalized spacial score (nSPS) is 10.8. The molecule has 130 valence electrons. The summed E-state index contributed by atoms with van der Waals surface area (Å²) in [6.45, 7) is 0.235. The smallest absolute Gasteiger partial charge is 0.312 e. The summed E-state index contributed by atoms with van der Waals surface area (Å²) in [5.41, 5.74) is 8.55. The second-order valence-corrected chi connectivity index (χ2v) is 5.57. The molecule has 0 aliphatic carbocycles. The number of pyridine rings is 1. The van der Waals surface area contributed by atoms with Crippen LogP contribution in [-0.2, 0) is 22.6 Å². The highest BCUT2D eigenvalue weighted by Crippen LogP contribution is 2.23. The van der Waals surface area contributed by atoms with Crippen molar-refractivity contribution in [3.63, 3.8) is 0 Å². The summed E-state index contributed by atoms with van der Waals surface area (Å²) in [5, 5.41) is 8.20. The fourth-order valence-electron chi connectivity index (χ4n) is 2.24. The van der Waals surface area contributed by atoms with Crippen LogP contribution < -0.4 is 5.73 Å². The molecule has 0 amide bonds. The Kier molecular flexibility index (Phi) is 5.67. The minimum atomic E-state index is -0.362. The van der Waals surface area contributed by atoms with E-state index >= 15 is 0 Å². The standard InChI is InChI=1S/C20H18N4O2/c21-20-18(24-23-16-9-5-2-6-10-16)12-11-17(22-20)13-19(25)26-14-15-7-3-1-4-8-15/h1-12H,13-14H2,(H2,21,22). The van der Waals surface area contributed by atoms with Gasteiger partial charge in [0.25, 0.3) is 0 Å².